The quantitative estimate of drug-likeness (QED) is 0.860. The second-order valence-electron chi connectivity index (χ2n) is 3.69. The average Bonchev–Trinajstić information content (AvgIpc) is 2.77. The van der Waals surface area contributed by atoms with Crippen molar-refractivity contribution < 1.29 is 4.39 Å². The van der Waals surface area contributed by atoms with Gasteiger partial charge in [-0.15, -0.1) is 0 Å². The number of hydrogen-bond donors (Lipinski definition) is 1. The first-order chi connectivity index (χ1) is 7.70. The number of nitrogens with one attached hydrogen (secondary N) is 1. The third-order valence-corrected chi connectivity index (χ3v) is 2.64. The van der Waals surface area contributed by atoms with Crippen LogP contribution < -0.4 is 5.32 Å². The largest absolute Gasteiger partial charge is 0.386 e. The summed E-state index contributed by atoms with van der Waals surface area (Å²) < 4.78 is 14.6. The topological polar surface area (TPSA) is 29.9 Å². The van der Waals surface area contributed by atoms with E-state index in [1.54, 1.807) is 18.3 Å². The number of halogens is 1. The highest BCUT2D eigenvalue weighted by Crippen LogP contribution is 2.18. The van der Waals surface area contributed by atoms with Crippen LogP contribution in [0.25, 0.3) is 0 Å². The monoisotopic (exact) mass is 219 g/mol. The Morgan fingerprint density at radius 3 is 2.56 bits per heavy atom. The summed E-state index contributed by atoms with van der Waals surface area (Å²) >= 11 is 0. The standard InChI is InChI=1S/C12H14FN3/c1-9(10-3-5-11(13)6-4-10)16-8-12(14-2)7-15-16/h3-9,14H,1-2H3. The molecule has 0 aliphatic carbocycles. The first kappa shape index (κ1) is 10.7. The Hall–Kier alpha value is -1.84. The van der Waals surface area contributed by atoms with Crippen molar-refractivity contribution in [2.24, 2.45) is 0 Å². The predicted molar refractivity (Wildman–Crippen MR) is 62.0 cm³/mol. The number of nitrogens with zero attached hydrogens (tertiary/aromatic N) is 2. The summed E-state index contributed by atoms with van der Waals surface area (Å²) in [6.07, 6.45) is 3.69. The molecular formula is C12H14FN3. The molecule has 0 spiro atoms. The van der Waals surface area contributed by atoms with Crippen LogP contribution in [0.4, 0.5) is 10.1 Å². The van der Waals surface area contributed by atoms with Gasteiger partial charge in [0.15, 0.2) is 0 Å². The Balaban J connectivity index is 2.24. The third-order valence-electron chi connectivity index (χ3n) is 2.64. The molecule has 2 rings (SSSR count). The fourth-order valence-corrected chi connectivity index (χ4v) is 1.57. The summed E-state index contributed by atoms with van der Waals surface area (Å²) in [4.78, 5) is 0. The number of aromatic nitrogens is 2. The van der Waals surface area contributed by atoms with Crippen LogP contribution in [0.15, 0.2) is 36.7 Å². The molecule has 1 atom stereocenters. The van der Waals surface area contributed by atoms with Gasteiger partial charge < -0.3 is 5.32 Å². The number of anilines is 1. The molecule has 3 nitrogen and oxygen atoms in total. The van der Waals surface area contributed by atoms with Crippen LogP contribution >= 0.6 is 0 Å². The molecule has 0 bridgehead atoms. The van der Waals surface area contributed by atoms with Gasteiger partial charge in [0.1, 0.15) is 5.82 Å². The van der Waals surface area contributed by atoms with Crippen LogP contribution in [0.2, 0.25) is 0 Å². The smallest absolute Gasteiger partial charge is 0.123 e. The molecule has 1 aromatic heterocycles. The first-order valence-electron chi connectivity index (χ1n) is 5.18. The number of hydrogen-bond acceptors (Lipinski definition) is 2. The Kier molecular flexibility index (Phi) is 2.90. The molecule has 1 heterocycles. The summed E-state index contributed by atoms with van der Waals surface area (Å²) in [6.45, 7) is 2.03. The highest BCUT2D eigenvalue weighted by Gasteiger charge is 2.08. The van der Waals surface area contributed by atoms with E-state index in [2.05, 4.69) is 10.4 Å². The molecule has 0 aliphatic heterocycles. The summed E-state index contributed by atoms with van der Waals surface area (Å²) in [6, 6.07) is 6.59. The lowest BCUT2D eigenvalue weighted by atomic mass is 10.1. The Labute approximate surface area is 93.9 Å². The lowest BCUT2D eigenvalue weighted by Crippen LogP contribution is -2.07. The fourth-order valence-electron chi connectivity index (χ4n) is 1.57. The maximum Gasteiger partial charge on any atom is 0.123 e. The molecule has 1 N–H and O–H groups in total. The molecule has 0 fully saturated rings. The van der Waals surface area contributed by atoms with Crippen molar-refractivity contribution in [2.45, 2.75) is 13.0 Å². The minimum atomic E-state index is -0.215. The molecule has 0 radical (unpaired) electrons. The van der Waals surface area contributed by atoms with Crippen LogP contribution in [0.5, 0.6) is 0 Å². The first-order valence-corrected chi connectivity index (χ1v) is 5.18. The van der Waals surface area contributed by atoms with E-state index in [1.807, 2.05) is 24.9 Å². The summed E-state index contributed by atoms with van der Waals surface area (Å²) in [5.41, 5.74) is 2.00. The molecule has 4 heteroatoms. The van der Waals surface area contributed by atoms with Gasteiger partial charge in [-0.2, -0.15) is 5.10 Å². The van der Waals surface area contributed by atoms with Crippen LogP contribution in [-0.4, -0.2) is 16.8 Å². The molecule has 0 saturated heterocycles. The van der Waals surface area contributed by atoms with E-state index in [-0.39, 0.29) is 11.9 Å². The van der Waals surface area contributed by atoms with Gasteiger partial charge in [-0.25, -0.2) is 4.39 Å². The van der Waals surface area contributed by atoms with E-state index in [9.17, 15) is 4.39 Å². The predicted octanol–water partition coefficient (Wildman–Crippen LogP) is 2.67. The third kappa shape index (κ3) is 2.05. The molecule has 1 aromatic carbocycles. The molecule has 1 unspecified atom stereocenters. The lowest BCUT2D eigenvalue weighted by molar-refractivity contribution is 0.561. The van der Waals surface area contributed by atoms with Gasteiger partial charge in [-0.1, -0.05) is 12.1 Å². The van der Waals surface area contributed by atoms with Gasteiger partial charge in [0.25, 0.3) is 0 Å². The molecular weight excluding hydrogens is 205 g/mol. The summed E-state index contributed by atoms with van der Waals surface area (Å²) in [5.74, 6) is -0.215. The Bertz CT molecular complexity index is 461. The van der Waals surface area contributed by atoms with Gasteiger partial charge in [0.05, 0.1) is 17.9 Å². The minimum Gasteiger partial charge on any atom is -0.386 e. The van der Waals surface area contributed by atoms with E-state index in [0.29, 0.717) is 0 Å². The van der Waals surface area contributed by atoms with Crippen molar-refractivity contribution in [3.63, 3.8) is 0 Å². The van der Waals surface area contributed by atoms with Crippen LogP contribution in [0.1, 0.15) is 18.5 Å². The van der Waals surface area contributed by atoms with Gasteiger partial charge in [0.2, 0.25) is 0 Å². The van der Waals surface area contributed by atoms with Gasteiger partial charge in [0, 0.05) is 13.2 Å². The zero-order valence-electron chi connectivity index (χ0n) is 9.31. The van der Waals surface area contributed by atoms with Crippen molar-refractivity contribution in [1.82, 2.24) is 9.78 Å². The molecule has 0 amide bonds. The van der Waals surface area contributed by atoms with Crippen molar-refractivity contribution in [3.05, 3.63) is 48.0 Å². The zero-order valence-corrected chi connectivity index (χ0v) is 9.31. The lowest BCUT2D eigenvalue weighted by Gasteiger charge is -2.12. The molecule has 84 valence electrons. The Morgan fingerprint density at radius 2 is 2.00 bits per heavy atom. The second kappa shape index (κ2) is 4.35. The minimum absolute atomic E-state index is 0.0997. The highest BCUT2D eigenvalue weighted by molar-refractivity contribution is 5.37. The summed E-state index contributed by atoms with van der Waals surface area (Å²) in [5, 5.41) is 7.27. The fraction of sp³-hybridized carbons (Fsp3) is 0.250. The van der Waals surface area contributed by atoms with Crippen LogP contribution in [0, 0.1) is 5.82 Å². The summed E-state index contributed by atoms with van der Waals surface area (Å²) in [7, 11) is 1.85. The van der Waals surface area contributed by atoms with E-state index in [0.717, 1.165) is 11.3 Å². The Morgan fingerprint density at radius 1 is 1.31 bits per heavy atom. The highest BCUT2D eigenvalue weighted by atomic mass is 19.1. The van der Waals surface area contributed by atoms with E-state index in [4.69, 9.17) is 0 Å². The van der Waals surface area contributed by atoms with Gasteiger partial charge in [-0.05, 0) is 24.6 Å². The van der Waals surface area contributed by atoms with Crippen molar-refractivity contribution in [3.8, 4) is 0 Å². The second-order valence-corrected chi connectivity index (χ2v) is 3.69. The zero-order chi connectivity index (χ0) is 11.5. The number of rotatable bonds is 3. The molecule has 16 heavy (non-hydrogen) atoms. The van der Waals surface area contributed by atoms with Crippen molar-refractivity contribution >= 4 is 5.69 Å². The van der Waals surface area contributed by atoms with Gasteiger partial charge in [-0.3, -0.25) is 4.68 Å². The van der Waals surface area contributed by atoms with Crippen LogP contribution in [-0.2, 0) is 0 Å². The maximum atomic E-state index is 12.8. The van der Waals surface area contributed by atoms with Crippen molar-refractivity contribution in [2.75, 3.05) is 12.4 Å². The number of benzene rings is 1. The SMILES string of the molecule is CNc1cnn(C(C)c2ccc(F)cc2)c1. The van der Waals surface area contributed by atoms with Crippen molar-refractivity contribution in [1.29, 1.82) is 0 Å². The van der Waals surface area contributed by atoms with Gasteiger partial charge >= 0.3 is 0 Å². The molecule has 0 saturated carbocycles. The van der Waals surface area contributed by atoms with E-state index in [1.165, 1.54) is 12.1 Å². The average molecular weight is 219 g/mol. The molecule has 0 aliphatic rings. The van der Waals surface area contributed by atoms with E-state index < -0.39 is 0 Å². The molecule has 2 aromatic rings. The van der Waals surface area contributed by atoms with E-state index >= 15 is 0 Å². The maximum absolute atomic E-state index is 12.8. The van der Waals surface area contributed by atoms with Crippen LogP contribution in [0.3, 0.4) is 0 Å². The normalized spacial score (nSPS) is 12.4.